The van der Waals surface area contributed by atoms with Crippen LogP contribution in [0.1, 0.15) is 41.5 Å². The van der Waals surface area contributed by atoms with Crippen LogP contribution in [-0.4, -0.2) is 26.4 Å². The molecule has 2 aromatic carbocycles. The molecule has 0 radical (unpaired) electrons. The van der Waals surface area contributed by atoms with E-state index >= 15 is 0 Å². The molecule has 0 heterocycles. The molecule has 0 bridgehead atoms. The Labute approximate surface area is 336 Å². The van der Waals surface area contributed by atoms with Crippen LogP contribution < -0.4 is 20.6 Å². The van der Waals surface area contributed by atoms with Crippen molar-refractivity contribution in [3.05, 3.63) is 133 Å². The fourth-order valence-electron chi connectivity index (χ4n) is 2.78. The standard InChI is InChI=1S/2C8H13Si.2C6H6O2.2C6H9.Cu.Fe.Ti/c2*1-9(2,3)8-6-4-5-7-8;2*7-6(8)5-3-1-2-4-5;2*1-5-6(2,3)4;;;/h2*4-7H,1-3H3;2*1-4,7-8H;2*2-4H3;;;/q2*-1;;;2*-1;+1;;+4/p-2. The van der Waals surface area contributed by atoms with E-state index < -0.39 is 28.0 Å². The van der Waals surface area contributed by atoms with Gasteiger partial charge in [0.05, 0.1) is 20.0 Å². The van der Waals surface area contributed by atoms with Gasteiger partial charge < -0.3 is 45.1 Å². The first kappa shape index (κ1) is 56.0. The van der Waals surface area contributed by atoms with E-state index in [9.17, 15) is 10.2 Å². The Hall–Kier alpha value is -2.35. The van der Waals surface area contributed by atoms with Crippen molar-refractivity contribution in [2.24, 2.45) is 10.8 Å². The molecule has 0 atom stereocenters. The van der Waals surface area contributed by atoms with Crippen molar-refractivity contribution in [1.82, 2.24) is 0 Å². The molecule has 49 heavy (non-hydrogen) atoms. The summed E-state index contributed by atoms with van der Waals surface area (Å²) in [6.45, 7) is 25.8. The van der Waals surface area contributed by atoms with Crippen LogP contribution in [0.4, 0.5) is 0 Å². The first-order chi connectivity index (χ1) is 20.9. The Bertz CT molecular complexity index is 1260. The molecule has 270 valence electrons. The summed E-state index contributed by atoms with van der Waals surface area (Å²) in [4.78, 5) is 0. The molecule has 0 spiro atoms. The molecule has 4 nitrogen and oxygen atoms in total. The second kappa shape index (κ2) is 27.4. The Balaban J connectivity index is -0.000000157. The van der Waals surface area contributed by atoms with Crippen LogP contribution in [0.5, 0.6) is 0 Å². The first-order valence-electron chi connectivity index (χ1n) is 15.2. The summed E-state index contributed by atoms with van der Waals surface area (Å²) in [7, 11) is -1.96. The maximum absolute atomic E-state index is 10.1. The van der Waals surface area contributed by atoms with Gasteiger partial charge in [0.2, 0.25) is 0 Å². The molecule has 0 aliphatic heterocycles. The molecular weight excluding hydrogens is 768 g/mol. The second-order valence-electron chi connectivity index (χ2n) is 14.6. The van der Waals surface area contributed by atoms with Crippen LogP contribution in [0.3, 0.4) is 0 Å². The molecule has 9 heteroatoms. The minimum atomic E-state index is -0.981. The number of aliphatic hydroxyl groups is 2. The van der Waals surface area contributed by atoms with Gasteiger partial charge >= 0.3 is 38.8 Å². The van der Waals surface area contributed by atoms with Crippen LogP contribution in [0.25, 0.3) is 0 Å². The van der Waals surface area contributed by atoms with Crippen molar-refractivity contribution < 1.29 is 76.3 Å². The van der Waals surface area contributed by atoms with Crippen molar-refractivity contribution in [1.29, 1.82) is 0 Å². The third-order valence-electron chi connectivity index (χ3n) is 5.63. The second-order valence-corrected chi connectivity index (χ2v) is 24.7. The van der Waals surface area contributed by atoms with E-state index in [-0.39, 0.29) is 66.7 Å². The summed E-state index contributed by atoms with van der Waals surface area (Å²) in [5.74, 6) is 2.98. The fraction of sp³-hybridized carbons (Fsp3) is 0.350. The summed E-state index contributed by atoms with van der Waals surface area (Å²) in [5.41, 5.74) is 0.620. The van der Waals surface area contributed by atoms with E-state index in [2.05, 4.69) is 99.7 Å². The summed E-state index contributed by atoms with van der Waals surface area (Å²) >= 11 is 0. The topological polar surface area (TPSA) is 86.6 Å². The predicted octanol–water partition coefficient (Wildman–Crippen LogP) is 7.62. The maximum atomic E-state index is 10.1. The monoisotopic (exact) mass is 821 g/mol. The van der Waals surface area contributed by atoms with Gasteiger partial charge in [0.25, 0.3) is 0 Å². The van der Waals surface area contributed by atoms with Crippen LogP contribution >= 0.6 is 0 Å². The molecule has 0 saturated carbocycles. The van der Waals surface area contributed by atoms with Crippen LogP contribution in [0, 0.1) is 35.5 Å². The van der Waals surface area contributed by atoms with Crippen LogP contribution in [0.15, 0.2) is 120 Å². The zero-order chi connectivity index (χ0) is 36.2. The zero-order valence-corrected chi connectivity index (χ0v) is 36.7. The molecule has 2 N–H and O–H groups in total. The Morgan fingerprint density at radius 1 is 0.694 bits per heavy atom. The zero-order valence-electron chi connectivity index (χ0n) is 31.1. The maximum Gasteiger partial charge on any atom is 4.00 e. The summed E-state index contributed by atoms with van der Waals surface area (Å²) in [5, 5.41) is 39.8. The van der Waals surface area contributed by atoms with Crippen molar-refractivity contribution in [3.63, 3.8) is 0 Å². The fourth-order valence-corrected chi connectivity index (χ4v) is 5.17. The molecule has 0 amide bonds. The third-order valence-corrected chi connectivity index (χ3v) is 9.76. The van der Waals surface area contributed by atoms with Gasteiger partial charge in [-0.1, -0.05) is 129 Å². The van der Waals surface area contributed by atoms with Gasteiger partial charge in [0.1, 0.15) is 0 Å². The molecule has 0 fully saturated rings. The van der Waals surface area contributed by atoms with E-state index in [0.29, 0.717) is 11.1 Å². The summed E-state index contributed by atoms with van der Waals surface area (Å²) < 4.78 is 0. The van der Waals surface area contributed by atoms with Gasteiger partial charge in [-0.3, -0.25) is 0 Å². The molecular formula is C40H54CuFeO4Si2Ti-. The van der Waals surface area contributed by atoms with Crippen molar-refractivity contribution >= 4 is 26.5 Å². The van der Waals surface area contributed by atoms with Gasteiger partial charge in [-0.05, 0) is 22.0 Å². The van der Waals surface area contributed by atoms with E-state index in [1.807, 2.05) is 41.5 Å². The van der Waals surface area contributed by atoms with Gasteiger partial charge in [-0.15, -0.1) is 0 Å². The SMILES string of the molecule is C[Si](C)(C)c1cc[cH-]c1.C[Si](C)(C)c1ccc[cH-]1.[C-]#CC(C)(C)C.[C-]#CC(C)(C)C.[Cu+].[Fe].[O-]C(O)=C1C=CC=C1.[O-]C(O)=C1C=CC=C1.[Ti+4]. The number of hydrogen-bond donors (Lipinski definition) is 2. The Morgan fingerprint density at radius 2 is 1.04 bits per heavy atom. The van der Waals surface area contributed by atoms with E-state index in [1.54, 1.807) is 59.0 Å². The molecule has 0 unspecified atom stereocenters. The average molecular weight is 822 g/mol. The van der Waals surface area contributed by atoms with E-state index in [0.717, 1.165) is 0 Å². The van der Waals surface area contributed by atoms with Gasteiger partial charge in [0, 0.05) is 25.1 Å². The van der Waals surface area contributed by atoms with Gasteiger partial charge in [-0.25, -0.2) is 23.4 Å². The average Bonchev–Trinajstić information content (AvgIpc) is 3.76. The molecule has 0 aromatic heterocycles. The smallest absolute Gasteiger partial charge is 0.693 e. The van der Waals surface area contributed by atoms with Crippen molar-refractivity contribution in [3.8, 4) is 11.8 Å². The predicted molar refractivity (Wildman–Crippen MR) is 199 cm³/mol. The molecule has 2 aliphatic rings. The van der Waals surface area contributed by atoms with Gasteiger partial charge in [0.15, 0.2) is 0 Å². The molecule has 4 rings (SSSR count). The van der Waals surface area contributed by atoms with E-state index in [1.165, 1.54) is 0 Å². The minimum absolute atomic E-state index is 0. The molecule has 2 aromatic rings. The number of aliphatic hydroxyl groups excluding tert-OH is 2. The number of rotatable bonds is 2. The van der Waals surface area contributed by atoms with Crippen LogP contribution in [-0.2, 0) is 55.9 Å². The molecule has 2 aliphatic carbocycles. The third kappa shape index (κ3) is 32.6. The normalized spacial score (nSPS) is 11.9. The Morgan fingerprint density at radius 3 is 1.16 bits per heavy atom. The number of hydrogen-bond acceptors (Lipinski definition) is 4. The molecule has 0 saturated heterocycles. The Kier molecular flexibility index (Phi) is 31.3. The largest absolute Gasteiger partial charge is 4.00 e. The summed E-state index contributed by atoms with van der Waals surface area (Å²) in [6, 6.07) is 17.4. The van der Waals surface area contributed by atoms with Gasteiger partial charge in [-0.2, -0.15) is 35.5 Å². The van der Waals surface area contributed by atoms with E-state index in [4.69, 9.17) is 23.1 Å². The number of allylic oxidation sites excluding steroid dienone is 10. The first-order valence-corrected chi connectivity index (χ1v) is 22.2. The quantitative estimate of drug-likeness (QED) is 0.141. The van der Waals surface area contributed by atoms with Crippen molar-refractivity contribution in [2.45, 2.75) is 80.8 Å². The van der Waals surface area contributed by atoms with Crippen LogP contribution in [0.2, 0.25) is 39.3 Å². The van der Waals surface area contributed by atoms with Crippen molar-refractivity contribution in [2.75, 3.05) is 0 Å². The summed E-state index contributed by atoms with van der Waals surface area (Å²) in [6.07, 6.45) is 26.2. The minimum Gasteiger partial charge on any atom is -0.693 e.